The van der Waals surface area contributed by atoms with Crippen LogP contribution in [0.3, 0.4) is 0 Å². The van der Waals surface area contributed by atoms with Crippen LogP contribution in [0.1, 0.15) is 27.7 Å². The second-order valence-electron chi connectivity index (χ2n) is 9.47. The Hall–Kier alpha value is -4.40. The normalized spacial score (nSPS) is 14.2. The fourth-order valence-electron chi connectivity index (χ4n) is 4.47. The van der Waals surface area contributed by atoms with Gasteiger partial charge < -0.3 is 24.1 Å². The lowest BCUT2D eigenvalue weighted by Crippen LogP contribution is -2.56. The topological polar surface area (TPSA) is 141 Å². The quantitative estimate of drug-likeness (QED) is 0.124. The van der Waals surface area contributed by atoms with Crippen LogP contribution >= 0.6 is 7.41 Å². The van der Waals surface area contributed by atoms with Gasteiger partial charge in [-0.3, -0.25) is 19.2 Å². The van der Waals surface area contributed by atoms with Crippen LogP contribution in [0.25, 0.3) is 0 Å². The highest BCUT2D eigenvalue weighted by Gasteiger charge is 2.47. The van der Waals surface area contributed by atoms with E-state index in [0.29, 0.717) is 0 Å². The lowest BCUT2D eigenvalue weighted by atomic mass is 10.0. The van der Waals surface area contributed by atoms with Gasteiger partial charge in [0.05, 0.1) is 12.8 Å². The van der Waals surface area contributed by atoms with E-state index >= 15 is 0 Å². The highest BCUT2D eigenvalue weighted by molar-refractivity contribution is 7.94. The van der Waals surface area contributed by atoms with E-state index in [1.165, 1.54) is 6.21 Å². The van der Waals surface area contributed by atoms with E-state index in [9.17, 15) is 24.3 Å². The lowest BCUT2D eigenvalue weighted by Gasteiger charge is -2.37. The molecule has 226 valence electrons. The van der Waals surface area contributed by atoms with Crippen LogP contribution in [-0.2, 0) is 38.1 Å². The second kappa shape index (κ2) is 15.7. The molecule has 3 aromatic rings. The predicted molar refractivity (Wildman–Crippen MR) is 161 cm³/mol. The summed E-state index contributed by atoms with van der Waals surface area (Å²) in [6, 6.07) is 28.7. The summed E-state index contributed by atoms with van der Waals surface area (Å²) in [6.07, 6.45) is -5.34. The molecule has 0 fully saturated rings. The van der Waals surface area contributed by atoms with Gasteiger partial charge in [0.15, 0.2) is 12.2 Å². The van der Waals surface area contributed by atoms with E-state index in [1.807, 2.05) is 91.0 Å². The van der Waals surface area contributed by atoms with Crippen molar-refractivity contribution in [2.45, 2.75) is 52.1 Å². The van der Waals surface area contributed by atoms with E-state index < -0.39 is 62.3 Å². The van der Waals surface area contributed by atoms with Crippen LogP contribution in [0.2, 0.25) is 0 Å². The number of carbonyl (C=O) groups is 4. The van der Waals surface area contributed by atoms with Crippen molar-refractivity contribution in [2.24, 2.45) is 4.76 Å². The molecule has 0 aliphatic rings. The molecule has 0 aliphatic heterocycles. The van der Waals surface area contributed by atoms with Gasteiger partial charge in [-0.25, -0.2) is 0 Å². The molecule has 0 N–H and O–H groups in total. The van der Waals surface area contributed by atoms with E-state index in [-0.39, 0.29) is 0 Å². The van der Waals surface area contributed by atoms with Crippen molar-refractivity contribution in [1.29, 1.82) is 0 Å². The molecule has 43 heavy (non-hydrogen) atoms. The monoisotopic (exact) mass is 607 g/mol. The van der Waals surface area contributed by atoms with Crippen LogP contribution in [0.5, 0.6) is 0 Å². The molecule has 0 saturated heterocycles. The fourth-order valence-corrected chi connectivity index (χ4v) is 7.91. The van der Waals surface area contributed by atoms with Crippen molar-refractivity contribution in [3.8, 4) is 0 Å². The Bertz CT molecular complexity index is 1300. The summed E-state index contributed by atoms with van der Waals surface area (Å²) in [5.41, 5.74) is 0. The zero-order valence-corrected chi connectivity index (χ0v) is 25.2. The summed E-state index contributed by atoms with van der Waals surface area (Å²) in [5.74, 6) is -3.18. The Kier molecular flexibility index (Phi) is 12.1. The number of ether oxygens (including phenoxy) is 4. The Labute approximate surface area is 251 Å². The van der Waals surface area contributed by atoms with Crippen molar-refractivity contribution in [2.75, 3.05) is 6.61 Å². The molecule has 0 spiro atoms. The minimum absolute atomic E-state index is 0.691. The van der Waals surface area contributed by atoms with Gasteiger partial charge in [-0.15, -0.1) is 4.76 Å². The maximum Gasteiger partial charge on any atom is 0.303 e. The Balaban J connectivity index is 2.26. The molecule has 0 radical (unpaired) electrons. The Morgan fingerprint density at radius 3 is 1.42 bits per heavy atom. The minimum atomic E-state index is -2.85. The average Bonchev–Trinajstić information content (AvgIpc) is 2.98. The molecule has 4 atom stereocenters. The molecular formula is C32H34NO9P. The van der Waals surface area contributed by atoms with Crippen LogP contribution in [0, 0.1) is 0 Å². The van der Waals surface area contributed by atoms with Gasteiger partial charge >= 0.3 is 23.9 Å². The minimum Gasteiger partial charge on any atom is -0.847 e. The number of esters is 4. The van der Waals surface area contributed by atoms with E-state index in [2.05, 4.69) is 0 Å². The number of nitrogens with zero attached hydrogens (tertiary/aromatic N) is 1. The van der Waals surface area contributed by atoms with E-state index in [4.69, 9.17) is 23.7 Å². The van der Waals surface area contributed by atoms with Crippen LogP contribution in [0.15, 0.2) is 95.8 Å². The van der Waals surface area contributed by atoms with Crippen molar-refractivity contribution >= 4 is 53.4 Å². The first kappa shape index (κ1) is 33.1. The number of benzene rings is 3. The number of rotatable bonds is 13. The molecule has 11 heteroatoms. The highest BCUT2D eigenvalue weighted by Crippen LogP contribution is 2.56. The fraction of sp³-hybridized carbons (Fsp3) is 0.281. The van der Waals surface area contributed by atoms with Gasteiger partial charge in [0.25, 0.3) is 0 Å². The Morgan fingerprint density at radius 1 is 0.651 bits per heavy atom. The van der Waals surface area contributed by atoms with Crippen molar-refractivity contribution in [3.05, 3.63) is 91.0 Å². The molecule has 3 rings (SSSR count). The number of hydrogen-bond acceptors (Lipinski definition) is 10. The predicted octanol–water partition coefficient (Wildman–Crippen LogP) is 2.05. The van der Waals surface area contributed by atoms with Gasteiger partial charge in [0.2, 0.25) is 7.41 Å². The van der Waals surface area contributed by atoms with Gasteiger partial charge in [-0.05, 0) is 42.5 Å². The standard InChI is InChI=1S/C32H34NO9P/c1-22(34)39-21-29(38)31(41-24(3)36)32(42-25(4)37)30(40-23(2)35)20-33-43(26-14-8-5-9-15-26,27-16-10-6-11-17-27)28-18-12-7-13-19-28/h5-20,29-32H,21H2,1-4H3/b33-20-/t29-,30+,31-,32-/m1/s1. The van der Waals surface area contributed by atoms with Gasteiger partial charge in [-0.2, -0.15) is 0 Å². The van der Waals surface area contributed by atoms with Gasteiger partial charge in [-0.1, -0.05) is 54.6 Å². The number of hydrogen-bond donors (Lipinski definition) is 0. The SMILES string of the molecule is CC(=O)OC[C@@H]([O-])[C@@H](OC(C)=O)[C@H](OC(C)=O)[C@H](/C=N\[P+](c1ccccc1)(c1ccccc1)c1ccccc1)OC(C)=O. The third kappa shape index (κ3) is 9.04. The zero-order valence-electron chi connectivity index (χ0n) is 24.3. The Morgan fingerprint density at radius 2 is 1.05 bits per heavy atom. The van der Waals surface area contributed by atoms with Crippen molar-refractivity contribution in [1.82, 2.24) is 0 Å². The summed E-state index contributed by atoms with van der Waals surface area (Å²) in [7, 11) is -2.85. The smallest absolute Gasteiger partial charge is 0.303 e. The zero-order chi connectivity index (χ0) is 31.4. The lowest BCUT2D eigenvalue weighted by molar-refractivity contribution is -0.447. The molecule has 3 aromatic carbocycles. The molecule has 0 bridgehead atoms. The molecule has 0 unspecified atom stereocenters. The third-order valence-corrected chi connectivity index (χ3v) is 9.76. The molecule has 0 aliphatic carbocycles. The molecule has 10 nitrogen and oxygen atoms in total. The first-order chi connectivity index (χ1) is 20.5. The maximum atomic E-state index is 13.2. The largest absolute Gasteiger partial charge is 0.847 e. The molecule has 0 aromatic heterocycles. The summed E-state index contributed by atoms with van der Waals surface area (Å²) >= 11 is 0. The van der Waals surface area contributed by atoms with Crippen LogP contribution in [-0.4, -0.2) is 61.1 Å². The molecular weight excluding hydrogens is 573 g/mol. The maximum absolute atomic E-state index is 13.2. The molecule has 0 saturated carbocycles. The summed E-state index contributed by atoms with van der Waals surface area (Å²) < 4.78 is 26.3. The van der Waals surface area contributed by atoms with Crippen molar-refractivity contribution < 1.29 is 43.2 Å². The van der Waals surface area contributed by atoms with Crippen LogP contribution in [0.4, 0.5) is 0 Å². The average molecular weight is 608 g/mol. The van der Waals surface area contributed by atoms with Gasteiger partial charge in [0, 0.05) is 27.7 Å². The third-order valence-electron chi connectivity index (χ3n) is 6.15. The first-order valence-electron chi connectivity index (χ1n) is 13.5. The molecule has 0 heterocycles. The van der Waals surface area contributed by atoms with Crippen LogP contribution < -0.4 is 21.0 Å². The second-order valence-corrected chi connectivity index (χ2v) is 12.5. The van der Waals surface area contributed by atoms with Gasteiger partial charge in [0.1, 0.15) is 22.0 Å². The summed E-state index contributed by atoms with van der Waals surface area (Å²) in [5, 5.41) is 15.9. The van der Waals surface area contributed by atoms with E-state index in [0.717, 1.165) is 43.6 Å². The van der Waals surface area contributed by atoms with Crippen molar-refractivity contribution in [3.63, 3.8) is 0 Å². The summed E-state index contributed by atoms with van der Waals surface area (Å²) in [4.78, 5) is 48.1. The highest BCUT2D eigenvalue weighted by atomic mass is 31.2. The summed E-state index contributed by atoms with van der Waals surface area (Å²) in [6.45, 7) is 3.74. The van der Waals surface area contributed by atoms with E-state index in [1.54, 1.807) is 0 Å². The number of carbonyl (C=O) groups excluding carboxylic acids is 4. The molecule has 0 amide bonds. The first-order valence-corrected chi connectivity index (χ1v) is 15.2.